The highest BCUT2D eigenvalue weighted by atomic mass is 16.2. The first-order chi connectivity index (χ1) is 15.9. The van der Waals surface area contributed by atoms with Gasteiger partial charge in [0.15, 0.2) is 5.84 Å². The number of nitrogen functional groups attached to an aromatic ring is 1. The van der Waals surface area contributed by atoms with Gasteiger partial charge in [-0.2, -0.15) is 5.10 Å². The number of benzene rings is 1. The van der Waals surface area contributed by atoms with Gasteiger partial charge in [-0.3, -0.25) is 15.1 Å². The number of carbonyl (C=O) groups is 1. The Labute approximate surface area is 195 Å². The standard InChI is InChI=1S/C25H35N7O/c1-4-5-12-22(32-15(2)8-6-9-16(32)3)17-10-7-11-20-18(17)13-19(25(33)30-20)21-14-28-31-24(29-21)23(26)27/h7,10-11,14-16,19,22H,4-6,8-9,12-13H2,1-3H3,(H3,26,27)(H,30,33). The van der Waals surface area contributed by atoms with Gasteiger partial charge in [-0.25, -0.2) is 4.98 Å². The minimum absolute atomic E-state index is 0.0520. The van der Waals surface area contributed by atoms with Crippen LogP contribution in [0.5, 0.6) is 0 Å². The van der Waals surface area contributed by atoms with E-state index in [0.717, 1.165) is 24.9 Å². The monoisotopic (exact) mass is 449 g/mol. The third-order valence-corrected chi connectivity index (χ3v) is 7.18. The Morgan fingerprint density at radius 2 is 2.06 bits per heavy atom. The van der Waals surface area contributed by atoms with Crippen LogP contribution in [0.3, 0.4) is 0 Å². The van der Waals surface area contributed by atoms with E-state index in [1.54, 1.807) is 0 Å². The molecule has 2 aliphatic rings. The fraction of sp³-hybridized carbons (Fsp3) is 0.560. The quantitative estimate of drug-likeness (QED) is 0.435. The molecule has 0 saturated carbocycles. The lowest BCUT2D eigenvalue weighted by molar-refractivity contribution is -0.118. The van der Waals surface area contributed by atoms with Crippen molar-refractivity contribution >= 4 is 17.4 Å². The molecule has 0 spiro atoms. The Morgan fingerprint density at radius 1 is 1.30 bits per heavy atom. The first kappa shape index (κ1) is 23.3. The van der Waals surface area contributed by atoms with Crippen LogP contribution < -0.4 is 11.1 Å². The fourth-order valence-electron chi connectivity index (χ4n) is 5.53. The van der Waals surface area contributed by atoms with Gasteiger partial charge < -0.3 is 11.1 Å². The minimum atomic E-state index is -0.490. The lowest BCUT2D eigenvalue weighted by Gasteiger charge is -2.45. The Hall–Kier alpha value is -2.87. The number of amidine groups is 1. The van der Waals surface area contributed by atoms with Crippen LogP contribution in [0.1, 0.15) is 93.9 Å². The van der Waals surface area contributed by atoms with Crippen molar-refractivity contribution in [2.75, 3.05) is 5.32 Å². The number of rotatable bonds is 7. The maximum atomic E-state index is 13.0. The first-order valence-electron chi connectivity index (χ1n) is 12.1. The van der Waals surface area contributed by atoms with Gasteiger partial charge in [0.05, 0.1) is 17.8 Å². The molecule has 4 atom stereocenters. The molecular weight excluding hydrogens is 414 g/mol. The maximum absolute atomic E-state index is 13.0. The topological polar surface area (TPSA) is 121 Å². The normalized spacial score (nSPS) is 24.1. The van der Waals surface area contributed by atoms with Gasteiger partial charge in [0.2, 0.25) is 11.7 Å². The molecule has 33 heavy (non-hydrogen) atoms. The summed E-state index contributed by atoms with van der Waals surface area (Å²) in [6, 6.07) is 7.67. The molecule has 2 aromatic rings. The number of likely N-dealkylation sites (tertiary alicyclic amines) is 1. The molecular formula is C25H35N7O. The van der Waals surface area contributed by atoms with Crippen LogP contribution in [0.4, 0.5) is 5.69 Å². The molecule has 1 aromatic carbocycles. The number of nitrogens with two attached hydrogens (primary N) is 1. The van der Waals surface area contributed by atoms with E-state index in [-0.39, 0.29) is 17.6 Å². The molecule has 1 saturated heterocycles. The second kappa shape index (κ2) is 9.95. The molecule has 8 heteroatoms. The van der Waals surface area contributed by atoms with Crippen LogP contribution in [0.2, 0.25) is 0 Å². The maximum Gasteiger partial charge on any atom is 0.233 e. The fourth-order valence-corrected chi connectivity index (χ4v) is 5.53. The van der Waals surface area contributed by atoms with Crippen LogP contribution in [0.25, 0.3) is 0 Å². The molecule has 4 unspecified atom stereocenters. The van der Waals surface area contributed by atoms with Gasteiger partial charge in [0, 0.05) is 23.8 Å². The number of aromatic nitrogens is 3. The van der Waals surface area contributed by atoms with Gasteiger partial charge in [0.1, 0.15) is 0 Å². The van der Waals surface area contributed by atoms with Gasteiger partial charge in [-0.05, 0) is 56.7 Å². The van der Waals surface area contributed by atoms with Crippen LogP contribution in [0.15, 0.2) is 24.4 Å². The second-order valence-electron chi connectivity index (χ2n) is 9.47. The lowest BCUT2D eigenvalue weighted by Crippen LogP contribution is -2.46. The van der Waals surface area contributed by atoms with Crippen molar-refractivity contribution in [3.63, 3.8) is 0 Å². The van der Waals surface area contributed by atoms with E-state index in [1.807, 2.05) is 6.07 Å². The summed E-state index contributed by atoms with van der Waals surface area (Å²) in [5, 5.41) is 18.5. The zero-order chi connectivity index (χ0) is 23.5. The number of piperidine rings is 1. The SMILES string of the molecule is CCCCC(c1cccc2c1CC(c1cnnc(C(=N)N)n1)C(=O)N2)N1C(C)CCCC1C. The summed E-state index contributed by atoms with van der Waals surface area (Å²) >= 11 is 0. The van der Waals surface area contributed by atoms with Crippen LogP contribution >= 0.6 is 0 Å². The Morgan fingerprint density at radius 3 is 2.76 bits per heavy atom. The third-order valence-electron chi connectivity index (χ3n) is 7.18. The van der Waals surface area contributed by atoms with Crippen molar-refractivity contribution in [1.82, 2.24) is 20.1 Å². The molecule has 4 N–H and O–H groups in total. The van der Waals surface area contributed by atoms with E-state index in [1.165, 1.54) is 36.6 Å². The molecule has 176 valence electrons. The molecule has 8 nitrogen and oxygen atoms in total. The Kier molecular flexibility index (Phi) is 7.02. The number of anilines is 1. The summed E-state index contributed by atoms with van der Waals surface area (Å²) in [4.78, 5) is 20.1. The van der Waals surface area contributed by atoms with E-state index in [0.29, 0.717) is 30.2 Å². The molecule has 1 aromatic heterocycles. The molecule has 3 heterocycles. The van der Waals surface area contributed by atoms with E-state index in [4.69, 9.17) is 11.1 Å². The molecule has 4 rings (SSSR count). The molecule has 1 amide bonds. The van der Waals surface area contributed by atoms with E-state index in [9.17, 15) is 4.79 Å². The highest BCUT2D eigenvalue weighted by Gasteiger charge is 2.36. The van der Waals surface area contributed by atoms with Crippen molar-refractivity contribution < 1.29 is 4.79 Å². The van der Waals surface area contributed by atoms with E-state index < -0.39 is 5.92 Å². The Bertz CT molecular complexity index is 1010. The third kappa shape index (κ3) is 4.76. The molecule has 1 fully saturated rings. The predicted octanol–water partition coefficient (Wildman–Crippen LogP) is 3.93. The van der Waals surface area contributed by atoms with Gasteiger partial charge in [-0.15, -0.1) is 5.10 Å². The molecule has 0 bridgehead atoms. The average Bonchev–Trinajstić information content (AvgIpc) is 2.80. The highest BCUT2D eigenvalue weighted by molar-refractivity contribution is 5.99. The van der Waals surface area contributed by atoms with Gasteiger partial charge in [-0.1, -0.05) is 38.3 Å². The van der Waals surface area contributed by atoms with Gasteiger partial charge in [0.25, 0.3) is 0 Å². The highest BCUT2D eigenvalue weighted by Crippen LogP contribution is 2.41. The molecule has 0 aliphatic carbocycles. The van der Waals surface area contributed by atoms with Crippen LogP contribution in [0, 0.1) is 5.41 Å². The number of amides is 1. The largest absolute Gasteiger partial charge is 0.381 e. The summed E-state index contributed by atoms with van der Waals surface area (Å²) in [6.45, 7) is 6.94. The van der Waals surface area contributed by atoms with E-state index in [2.05, 4.69) is 58.3 Å². The molecule has 2 aliphatic heterocycles. The summed E-state index contributed by atoms with van der Waals surface area (Å²) in [6.07, 6.45) is 9.21. The van der Waals surface area contributed by atoms with Crippen LogP contribution in [-0.2, 0) is 11.2 Å². The first-order valence-corrected chi connectivity index (χ1v) is 12.1. The number of nitrogens with one attached hydrogen (secondary N) is 2. The zero-order valence-electron chi connectivity index (χ0n) is 19.8. The van der Waals surface area contributed by atoms with Crippen molar-refractivity contribution in [1.29, 1.82) is 5.41 Å². The number of nitrogens with zero attached hydrogens (tertiary/aromatic N) is 4. The number of fused-ring (bicyclic) bond motifs is 1. The van der Waals surface area contributed by atoms with Crippen molar-refractivity contribution in [2.24, 2.45) is 5.73 Å². The Balaban J connectivity index is 1.73. The number of hydrogen-bond acceptors (Lipinski definition) is 6. The average molecular weight is 450 g/mol. The van der Waals surface area contributed by atoms with Crippen molar-refractivity contribution in [2.45, 2.75) is 89.8 Å². The smallest absolute Gasteiger partial charge is 0.233 e. The number of unbranched alkanes of at least 4 members (excludes halogenated alkanes) is 1. The van der Waals surface area contributed by atoms with Crippen molar-refractivity contribution in [3.8, 4) is 0 Å². The van der Waals surface area contributed by atoms with Crippen LogP contribution in [-0.4, -0.2) is 43.9 Å². The number of hydrogen-bond donors (Lipinski definition) is 3. The zero-order valence-corrected chi connectivity index (χ0v) is 19.8. The minimum Gasteiger partial charge on any atom is -0.381 e. The van der Waals surface area contributed by atoms with Crippen molar-refractivity contribution in [3.05, 3.63) is 47.0 Å². The predicted molar refractivity (Wildman–Crippen MR) is 129 cm³/mol. The van der Waals surface area contributed by atoms with Gasteiger partial charge >= 0.3 is 0 Å². The summed E-state index contributed by atoms with van der Waals surface area (Å²) in [5.74, 6) is -0.805. The second-order valence-corrected chi connectivity index (χ2v) is 9.47. The number of carbonyl (C=O) groups excluding carboxylic acids is 1. The van der Waals surface area contributed by atoms with E-state index >= 15 is 0 Å². The summed E-state index contributed by atoms with van der Waals surface area (Å²) in [5.41, 5.74) is 9.43. The summed E-state index contributed by atoms with van der Waals surface area (Å²) < 4.78 is 0. The summed E-state index contributed by atoms with van der Waals surface area (Å²) in [7, 11) is 0. The molecule has 0 radical (unpaired) electrons. The lowest BCUT2D eigenvalue weighted by atomic mass is 9.83.